The summed E-state index contributed by atoms with van der Waals surface area (Å²) < 4.78 is 0. The zero-order valence-corrected chi connectivity index (χ0v) is 21.3. The van der Waals surface area contributed by atoms with E-state index in [2.05, 4.69) is 37.5 Å². The summed E-state index contributed by atoms with van der Waals surface area (Å²) in [5, 5.41) is 14.8. The minimum atomic E-state index is -0.356. The Kier molecular flexibility index (Phi) is 8.91. The number of carbonyl (C=O) groups is 2. The average molecular weight is 531 g/mol. The molecule has 4 rings (SSSR count). The summed E-state index contributed by atoms with van der Waals surface area (Å²) in [5.74, 6) is 6.12. The first-order valence-corrected chi connectivity index (χ1v) is 12.3. The minimum Gasteiger partial charge on any atom is -0.344 e. The van der Waals surface area contributed by atoms with E-state index in [9.17, 15) is 9.59 Å². The molecule has 4 N–H and O–H groups in total. The summed E-state index contributed by atoms with van der Waals surface area (Å²) >= 11 is 6.17. The Morgan fingerprint density at radius 2 is 2.08 bits per heavy atom. The summed E-state index contributed by atoms with van der Waals surface area (Å²) in [7, 11) is 0. The number of anilines is 2. The number of pyridine rings is 2. The van der Waals surface area contributed by atoms with Crippen LogP contribution in [0.25, 0.3) is 17.2 Å². The van der Waals surface area contributed by atoms with Crippen LogP contribution in [0.4, 0.5) is 11.5 Å². The molecule has 3 heterocycles. The first kappa shape index (κ1) is 26.6. The summed E-state index contributed by atoms with van der Waals surface area (Å²) in [6, 6.07) is 12.2. The van der Waals surface area contributed by atoms with Gasteiger partial charge >= 0.3 is 0 Å². The molecular formula is C27H27ClN8O2. The molecule has 2 amide bonds. The third-order valence-corrected chi connectivity index (χ3v) is 6.15. The summed E-state index contributed by atoms with van der Waals surface area (Å²) in [6.45, 7) is 3.29. The van der Waals surface area contributed by atoms with Crippen molar-refractivity contribution in [3.05, 3.63) is 77.2 Å². The summed E-state index contributed by atoms with van der Waals surface area (Å²) in [5.41, 5.74) is 3.52. The van der Waals surface area contributed by atoms with Gasteiger partial charge in [-0.25, -0.2) is 10.8 Å². The van der Waals surface area contributed by atoms with Gasteiger partial charge < -0.3 is 10.6 Å². The first-order valence-electron chi connectivity index (χ1n) is 12.0. The molecule has 10 nitrogen and oxygen atoms in total. The number of benzene rings is 1. The highest BCUT2D eigenvalue weighted by Crippen LogP contribution is 2.30. The summed E-state index contributed by atoms with van der Waals surface area (Å²) in [6.07, 6.45) is 10.0. The van der Waals surface area contributed by atoms with Crippen LogP contribution in [0.3, 0.4) is 0 Å². The van der Waals surface area contributed by atoms with Gasteiger partial charge in [-0.1, -0.05) is 18.0 Å². The van der Waals surface area contributed by atoms with Gasteiger partial charge in [0.1, 0.15) is 12.2 Å². The van der Waals surface area contributed by atoms with Crippen molar-refractivity contribution in [3.8, 4) is 11.1 Å². The van der Waals surface area contributed by atoms with Crippen LogP contribution in [0.15, 0.2) is 71.1 Å². The highest BCUT2D eigenvalue weighted by molar-refractivity contribution is 6.30. The van der Waals surface area contributed by atoms with Crippen LogP contribution in [-0.4, -0.2) is 34.8 Å². The normalized spacial score (nSPS) is 15.7. The number of nitrogens with two attached hydrogens (primary N) is 1. The molecule has 3 aromatic rings. The van der Waals surface area contributed by atoms with Gasteiger partial charge in [0.25, 0.3) is 0 Å². The number of rotatable bonds is 6. The Labute approximate surface area is 225 Å². The second-order valence-corrected chi connectivity index (χ2v) is 8.98. The van der Waals surface area contributed by atoms with Crippen molar-refractivity contribution in [3.63, 3.8) is 0 Å². The average Bonchev–Trinajstić information content (AvgIpc) is 2.92. The molecule has 2 bridgehead atoms. The minimum absolute atomic E-state index is 0.0940. The standard InChI is InChI=1S/C27H27ClN8O2/c1-30-33-17-36(29)24-10-9-20(28)15-19(24)8-11-26(38)34-22-6-2-3-7-25(37)35-27-21(5-4-13-32-27)18-12-14-31-23(22)16-18/h4-5,8-17,22H,1-3,6-7,29H2,(H,34,38)(H,32,35,37)/b11-8+,33-17-/t22-/m0/s1. The Balaban J connectivity index is 1.59. The van der Waals surface area contributed by atoms with Crippen molar-refractivity contribution in [1.29, 1.82) is 0 Å². The lowest BCUT2D eigenvalue weighted by atomic mass is 9.99. The Morgan fingerprint density at radius 1 is 1.21 bits per heavy atom. The van der Waals surface area contributed by atoms with E-state index in [1.165, 1.54) is 17.4 Å². The predicted molar refractivity (Wildman–Crippen MR) is 151 cm³/mol. The lowest BCUT2D eigenvalue weighted by molar-refractivity contribution is -0.118. The van der Waals surface area contributed by atoms with Crippen LogP contribution in [0, 0.1) is 0 Å². The molecule has 0 fully saturated rings. The molecule has 0 aliphatic carbocycles. The lowest BCUT2D eigenvalue weighted by Gasteiger charge is -2.20. The SMILES string of the molecule is C=N/N=C\N(N)c1ccc(Cl)cc1/C=C/C(=O)N[C@H]1CCCCC(=O)Nc2ncccc2-c2ccnc1c2. The van der Waals surface area contributed by atoms with E-state index in [0.29, 0.717) is 41.4 Å². The predicted octanol–water partition coefficient (Wildman–Crippen LogP) is 4.50. The van der Waals surface area contributed by atoms with Crippen molar-refractivity contribution < 1.29 is 9.59 Å². The van der Waals surface area contributed by atoms with E-state index in [-0.39, 0.29) is 17.9 Å². The van der Waals surface area contributed by atoms with Crippen molar-refractivity contribution in [2.24, 2.45) is 16.0 Å². The Morgan fingerprint density at radius 3 is 2.92 bits per heavy atom. The highest BCUT2D eigenvalue weighted by atomic mass is 35.5. The molecule has 194 valence electrons. The summed E-state index contributed by atoms with van der Waals surface area (Å²) in [4.78, 5) is 34.3. The molecule has 2 aromatic heterocycles. The van der Waals surface area contributed by atoms with Gasteiger partial charge in [-0.3, -0.25) is 19.6 Å². The van der Waals surface area contributed by atoms with Crippen LogP contribution in [0.2, 0.25) is 5.02 Å². The number of aromatic nitrogens is 2. The largest absolute Gasteiger partial charge is 0.344 e. The maximum atomic E-state index is 13.0. The fourth-order valence-electron chi connectivity index (χ4n) is 4.10. The van der Waals surface area contributed by atoms with Gasteiger partial charge in [-0.15, -0.1) is 5.10 Å². The molecular weight excluding hydrogens is 504 g/mol. The van der Waals surface area contributed by atoms with Gasteiger partial charge in [0.05, 0.1) is 17.4 Å². The van der Waals surface area contributed by atoms with E-state index in [4.69, 9.17) is 17.4 Å². The maximum absolute atomic E-state index is 13.0. The third-order valence-electron chi connectivity index (χ3n) is 5.92. The molecule has 0 saturated heterocycles. The molecule has 11 heteroatoms. The number of amides is 2. The monoisotopic (exact) mass is 530 g/mol. The molecule has 0 saturated carbocycles. The van der Waals surface area contributed by atoms with E-state index in [1.807, 2.05) is 24.3 Å². The second kappa shape index (κ2) is 12.7. The lowest BCUT2D eigenvalue weighted by Crippen LogP contribution is -2.29. The van der Waals surface area contributed by atoms with E-state index < -0.39 is 0 Å². The quantitative estimate of drug-likeness (QED) is 0.141. The number of hydrogen-bond acceptors (Lipinski definition) is 7. The zero-order chi connectivity index (χ0) is 26.9. The molecule has 0 radical (unpaired) electrons. The third kappa shape index (κ3) is 6.87. The van der Waals surface area contributed by atoms with Crippen LogP contribution >= 0.6 is 11.6 Å². The molecule has 38 heavy (non-hydrogen) atoms. The van der Waals surface area contributed by atoms with Gasteiger partial charge in [-0.05, 0) is 66.9 Å². The fraction of sp³-hybridized carbons (Fsp3) is 0.185. The van der Waals surface area contributed by atoms with Crippen LogP contribution < -0.4 is 21.5 Å². The van der Waals surface area contributed by atoms with Crippen LogP contribution in [-0.2, 0) is 9.59 Å². The zero-order valence-electron chi connectivity index (χ0n) is 20.5. The molecule has 0 spiro atoms. The number of halogens is 1. The molecule has 1 aliphatic rings. The topological polar surface area (TPSA) is 138 Å². The fourth-order valence-corrected chi connectivity index (χ4v) is 4.28. The van der Waals surface area contributed by atoms with Crippen LogP contribution in [0.1, 0.15) is 43.0 Å². The van der Waals surface area contributed by atoms with E-state index in [1.54, 1.807) is 36.7 Å². The maximum Gasteiger partial charge on any atom is 0.244 e. The Hall–Kier alpha value is -4.41. The molecule has 1 aromatic carbocycles. The molecule has 1 atom stereocenters. The number of hydrogen-bond donors (Lipinski definition) is 3. The van der Waals surface area contributed by atoms with E-state index in [0.717, 1.165) is 23.2 Å². The van der Waals surface area contributed by atoms with Crippen molar-refractivity contribution in [2.45, 2.75) is 31.7 Å². The highest BCUT2D eigenvalue weighted by Gasteiger charge is 2.19. The van der Waals surface area contributed by atoms with Gasteiger partial charge in [0.15, 0.2) is 0 Å². The van der Waals surface area contributed by atoms with Gasteiger partial charge in [-0.2, -0.15) is 5.10 Å². The second-order valence-electron chi connectivity index (χ2n) is 8.54. The number of fused-ring (bicyclic) bond motifs is 4. The number of nitrogens with zero attached hydrogens (tertiary/aromatic N) is 5. The Bertz CT molecular complexity index is 1390. The van der Waals surface area contributed by atoms with Gasteiger partial charge in [0.2, 0.25) is 11.8 Å². The van der Waals surface area contributed by atoms with Crippen molar-refractivity contribution >= 4 is 54.1 Å². The van der Waals surface area contributed by atoms with Crippen molar-refractivity contribution in [2.75, 3.05) is 10.3 Å². The first-order chi connectivity index (χ1) is 18.4. The van der Waals surface area contributed by atoms with Gasteiger partial charge in [0, 0.05) is 47.8 Å². The van der Waals surface area contributed by atoms with Crippen LogP contribution in [0.5, 0.6) is 0 Å². The number of hydrazine groups is 1. The van der Waals surface area contributed by atoms with Crippen molar-refractivity contribution in [1.82, 2.24) is 15.3 Å². The number of nitrogens with one attached hydrogen (secondary N) is 2. The number of carbonyl (C=O) groups excluding carboxylic acids is 2. The molecule has 1 aliphatic heterocycles. The molecule has 0 unspecified atom stereocenters. The smallest absolute Gasteiger partial charge is 0.244 e. The van der Waals surface area contributed by atoms with E-state index >= 15 is 0 Å².